The highest BCUT2D eigenvalue weighted by Gasteiger charge is 2.27. The Labute approximate surface area is 101 Å². The summed E-state index contributed by atoms with van der Waals surface area (Å²) in [4.78, 5) is 16.4. The molecular weight excluding hydrogens is 216 g/mol. The molecule has 17 heavy (non-hydrogen) atoms. The Morgan fingerprint density at radius 1 is 1.59 bits per heavy atom. The summed E-state index contributed by atoms with van der Waals surface area (Å²) in [5.74, 6) is 0.0378. The van der Waals surface area contributed by atoms with Gasteiger partial charge in [-0.15, -0.1) is 0 Å². The van der Waals surface area contributed by atoms with E-state index >= 15 is 0 Å². The summed E-state index contributed by atoms with van der Waals surface area (Å²) < 4.78 is 5.21. The van der Waals surface area contributed by atoms with Crippen LogP contribution >= 0.6 is 0 Å². The van der Waals surface area contributed by atoms with Crippen molar-refractivity contribution in [2.24, 2.45) is 5.73 Å². The van der Waals surface area contributed by atoms with Crippen molar-refractivity contribution in [1.29, 1.82) is 0 Å². The molecule has 1 atom stereocenters. The van der Waals surface area contributed by atoms with Crippen LogP contribution in [0.15, 0.2) is 18.3 Å². The van der Waals surface area contributed by atoms with E-state index in [2.05, 4.69) is 11.1 Å². The van der Waals surface area contributed by atoms with E-state index in [0.29, 0.717) is 13.2 Å². The van der Waals surface area contributed by atoms with Crippen LogP contribution in [-0.2, 0) is 16.0 Å². The predicted octanol–water partition coefficient (Wildman–Crippen LogP) is 1.05. The Morgan fingerprint density at radius 3 is 3.29 bits per heavy atom. The number of nitrogens with two attached hydrogens (primary N) is 1. The molecule has 0 aliphatic heterocycles. The van der Waals surface area contributed by atoms with Gasteiger partial charge >= 0.3 is 0 Å². The zero-order chi connectivity index (χ0) is 12.1. The second-order valence-corrected chi connectivity index (χ2v) is 4.30. The molecule has 1 aliphatic rings. The average Bonchev–Trinajstić information content (AvgIpc) is 2.38. The molecule has 4 nitrogen and oxygen atoms in total. The number of carbonyl (C=O) groups is 1. The number of ether oxygens (including phenoxy) is 1. The summed E-state index contributed by atoms with van der Waals surface area (Å²) >= 11 is 0. The van der Waals surface area contributed by atoms with Gasteiger partial charge in [-0.1, -0.05) is 6.07 Å². The number of pyridine rings is 1. The van der Waals surface area contributed by atoms with Crippen LogP contribution in [0.5, 0.6) is 0 Å². The largest absolute Gasteiger partial charge is 0.372 e. The van der Waals surface area contributed by atoms with Gasteiger partial charge in [0.1, 0.15) is 6.61 Å². The molecule has 1 aromatic rings. The highest BCUT2D eigenvalue weighted by atomic mass is 16.5. The number of aromatic nitrogens is 1. The molecular formula is C13H18N2O2. The second kappa shape index (κ2) is 5.89. The highest BCUT2D eigenvalue weighted by Crippen LogP contribution is 2.30. The number of fused-ring (bicyclic) bond motifs is 1. The Balaban J connectivity index is 2.05. The molecule has 92 valence electrons. The highest BCUT2D eigenvalue weighted by molar-refractivity contribution is 5.87. The number of Topliss-reactive ketones (excluding diaryl/α,β-unsaturated/α-hetero) is 1. The van der Waals surface area contributed by atoms with Gasteiger partial charge in [-0.25, -0.2) is 0 Å². The van der Waals surface area contributed by atoms with Crippen LogP contribution in [0.2, 0.25) is 0 Å². The molecule has 0 saturated heterocycles. The predicted molar refractivity (Wildman–Crippen MR) is 64.8 cm³/mol. The molecule has 1 aliphatic carbocycles. The molecule has 4 heteroatoms. The van der Waals surface area contributed by atoms with Gasteiger partial charge in [0.05, 0.1) is 18.2 Å². The molecule has 0 spiro atoms. The smallest absolute Gasteiger partial charge is 0.167 e. The molecule has 0 fully saturated rings. The van der Waals surface area contributed by atoms with Gasteiger partial charge in [0.2, 0.25) is 0 Å². The van der Waals surface area contributed by atoms with Gasteiger partial charge < -0.3 is 10.5 Å². The third kappa shape index (κ3) is 2.90. The summed E-state index contributed by atoms with van der Waals surface area (Å²) in [7, 11) is 0. The van der Waals surface area contributed by atoms with Gasteiger partial charge in [-0.2, -0.15) is 0 Å². The maximum atomic E-state index is 12.0. The number of hydrogen-bond acceptors (Lipinski definition) is 4. The molecule has 1 unspecified atom stereocenters. The number of rotatable bonds is 5. The van der Waals surface area contributed by atoms with Crippen LogP contribution in [0.1, 0.15) is 30.0 Å². The fraction of sp³-hybridized carbons (Fsp3) is 0.538. The third-order valence-corrected chi connectivity index (χ3v) is 3.09. The van der Waals surface area contributed by atoms with Crippen molar-refractivity contribution in [3.63, 3.8) is 0 Å². The summed E-state index contributed by atoms with van der Waals surface area (Å²) in [5.41, 5.74) is 7.47. The second-order valence-electron chi connectivity index (χ2n) is 4.30. The van der Waals surface area contributed by atoms with Crippen LogP contribution in [-0.4, -0.2) is 30.5 Å². The Bertz CT molecular complexity index is 393. The lowest BCUT2D eigenvalue weighted by molar-refractivity contribution is -0.125. The first-order chi connectivity index (χ1) is 8.33. The Hall–Kier alpha value is -1.26. The molecule has 0 aromatic carbocycles. The van der Waals surface area contributed by atoms with E-state index in [-0.39, 0.29) is 18.3 Å². The fourth-order valence-corrected chi connectivity index (χ4v) is 2.28. The lowest BCUT2D eigenvalue weighted by Gasteiger charge is -2.22. The molecule has 0 saturated carbocycles. The van der Waals surface area contributed by atoms with Crippen LogP contribution in [0, 0.1) is 0 Å². The SMILES string of the molecule is NCCOCC(=O)C1CCCc2cccnc21. The van der Waals surface area contributed by atoms with E-state index < -0.39 is 0 Å². The standard InChI is InChI=1S/C13H18N2O2/c14-6-8-17-9-12(16)11-5-1-3-10-4-2-7-15-13(10)11/h2,4,7,11H,1,3,5-6,8-9,14H2. The van der Waals surface area contributed by atoms with Crippen molar-refractivity contribution in [3.8, 4) is 0 Å². The first kappa shape index (κ1) is 12.2. The van der Waals surface area contributed by atoms with Gasteiger partial charge in [-0.05, 0) is 30.9 Å². The summed E-state index contributed by atoms with van der Waals surface area (Å²) in [6, 6.07) is 3.99. The summed E-state index contributed by atoms with van der Waals surface area (Å²) in [6.45, 7) is 1.04. The number of nitrogens with zero attached hydrogens (tertiary/aromatic N) is 1. The molecule has 1 aromatic heterocycles. The average molecular weight is 234 g/mol. The minimum atomic E-state index is -0.0854. The Kier molecular flexibility index (Phi) is 4.23. The quantitative estimate of drug-likeness (QED) is 0.773. The van der Waals surface area contributed by atoms with Gasteiger partial charge in [0.15, 0.2) is 5.78 Å². The topological polar surface area (TPSA) is 65.2 Å². The normalized spacial score (nSPS) is 18.8. The number of carbonyl (C=O) groups excluding carboxylic acids is 1. The monoisotopic (exact) mass is 234 g/mol. The van der Waals surface area contributed by atoms with Crippen molar-refractivity contribution >= 4 is 5.78 Å². The lowest BCUT2D eigenvalue weighted by Crippen LogP contribution is -2.24. The maximum Gasteiger partial charge on any atom is 0.167 e. The molecule has 0 radical (unpaired) electrons. The lowest BCUT2D eigenvalue weighted by atomic mass is 9.84. The number of ketones is 1. The van der Waals surface area contributed by atoms with E-state index in [1.54, 1.807) is 6.20 Å². The van der Waals surface area contributed by atoms with Gasteiger partial charge in [0.25, 0.3) is 0 Å². The fourth-order valence-electron chi connectivity index (χ4n) is 2.28. The van der Waals surface area contributed by atoms with E-state index in [0.717, 1.165) is 25.0 Å². The molecule has 0 amide bonds. The van der Waals surface area contributed by atoms with Crippen LogP contribution in [0.3, 0.4) is 0 Å². The van der Waals surface area contributed by atoms with Crippen molar-refractivity contribution in [3.05, 3.63) is 29.6 Å². The summed E-state index contributed by atoms with van der Waals surface area (Å²) in [5, 5.41) is 0. The van der Waals surface area contributed by atoms with E-state index in [1.807, 2.05) is 6.07 Å². The number of hydrogen-bond donors (Lipinski definition) is 1. The first-order valence-corrected chi connectivity index (χ1v) is 6.07. The van der Waals surface area contributed by atoms with Crippen molar-refractivity contribution in [1.82, 2.24) is 4.98 Å². The number of aryl methyl sites for hydroxylation is 1. The van der Waals surface area contributed by atoms with Crippen LogP contribution < -0.4 is 5.73 Å². The van der Waals surface area contributed by atoms with Crippen molar-refractivity contribution in [2.75, 3.05) is 19.8 Å². The molecule has 2 rings (SSSR count). The van der Waals surface area contributed by atoms with E-state index in [1.165, 1.54) is 5.56 Å². The summed E-state index contributed by atoms with van der Waals surface area (Å²) in [6.07, 6.45) is 4.71. The molecule has 2 N–H and O–H groups in total. The van der Waals surface area contributed by atoms with Crippen molar-refractivity contribution < 1.29 is 9.53 Å². The first-order valence-electron chi connectivity index (χ1n) is 6.07. The Morgan fingerprint density at radius 2 is 2.47 bits per heavy atom. The van der Waals surface area contributed by atoms with Crippen LogP contribution in [0.4, 0.5) is 0 Å². The minimum Gasteiger partial charge on any atom is -0.372 e. The van der Waals surface area contributed by atoms with E-state index in [9.17, 15) is 4.79 Å². The zero-order valence-corrected chi connectivity index (χ0v) is 9.89. The van der Waals surface area contributed by atoms with E-state index in [4.69, 9.17) is 10.5 Å². The zero-order valence-electron chi connectivity index (χ0n) is 9.89. The minimum absolute atomic E-state index is 0.0854. The van der Waals surface area contributed by atoms with Gasteiger partial charge in [-0.3, -0.25) is 9.78 Å². The van der Waals surface area contributed by atoms with Gasteiger partial charge in [0, 0.05) is 12.7 Å². The third-order valence-electron chi connectivity index (χ3n) is 3.09. The molecule has 0 bridgehead atoms. The van der Waals surface area contributed by atoms with Crippen LogP contribution in [0.25, 0.3) is 0 Å². The maximum absolute atomic E-state index is 12.0. The van der Waals surface area contributed by atoms with Crippen molar-refractivity contribution in [2.45, 2.75) is 25.2 Å². The molecule has 1 heterocycles.